The Hall–Kier alpha value is -3.72. The highest BCUT2D eigenvalue weighted by molar-refractivity contribution is 5.76. The molecule has 9 heteroatoms. The summed E-state index contributed by atoms with van der Waals surface area (Å²) in [5, 5.41) is 14.9. The quantitative estimate of drug-likeness (QED) is 0.446. The van der Waals surface area contributed by atoms with Gasteiger partial charge in [-0.15, -0.1) is 0 Å². The second-order valence-electron chi connectivity index (χ2n) is 5.81. The van der Waals surface area contributed by atoms with E-state index in [2.05, 4.69) is 30.6 Å². The first kappa shape index (κ1) is 17.7. The van der Waals surface area contributed by atoms with Crippen LogP contribution in [0, 0.1) is 0 Å². The Labute approximate surface area is 160 Å². The van der Waals surface area contributed by atoms with Gasteiger partial charge in [0.2, 0.25) is 17.8 Å². The van der Waals surface area contributed by atoms with E-state index < -0.39 is 0 Å². The number of methoxy groups -OCH3 is 1. The molecule has 0 aliphatic rings. The molecular weight excluding hydrogens is 360 g/mol. The van der Waals surface area contributed by atoms with Crippen molar-refractivity contribution in [3.8, 4) is 17.5 Å². The minimum atomic E-state index is -0.0337. The van der Waals surface area contributed by atoms with Crippen LogP contribution in [0.4, 0.5) is 17.6 Å². The number of rotatable bonds is 7. The second kappa shape index (κ2) is 7.89. The molecule has 0 amide bonds. The van der Waals surface area contributed by atoms with E-state index in [0.717, 1.165) is 22.4 Å². The first-order valence-electron chi connectivity index (χ1n) is 8.63. The van der Waals surface area contributed by atoms with E-state index in [1.54, 1.807) is 0 Å². The number of para-hydroxylation sites is 2. The Morgan fingerprint density at radius 3 is 2.50 bits per heavy atom. The third kappa shape index (κ3) is 3.84. The molecule has 28 heavy (non-hydrogen) atoms. The van der Waals surface area contributed by atoms with Crippen molar-refractivity contribution in [3.05, 3.63) is 48.5 Å². The van der Waals surface area contributed by atoms with Crippen molar-refractivity contribution in [2.24, 2.45) is 0 Å². The predicted octanol–water partition coefficient (Wildman–Crippen LogP) is 2.84. The van der Waals surface area contributed by atoms with Crippen molar-refractivity contribution in [2.45, 2.75) is 0 Å². The van der Waals surface area contributed by atoms with Crippen LogP contribution in [0.1, 0.15) is 0 Å². The monoisotopic (exact) mass is 378 g/mol. The molecule has 9 nitrogen and oxygen atoms in total. The van der Waals surface area contributed by atoms with Crippen LogP contribution in [0.15, 0.2) is 52.9 Å². The first-order valence-corrected chi connectivity index (χ1v) is 8.63. The van der Waals surface area contributed by atoms with Crippen LogP contribution in [0.5, 0.6) is 6.01 Å². The van der Waals surface area contributed by atoms with Gasteiger partial charge in [-0.05, 0) is 36.4 Å². The van der Waals surface area contributed by atoms with Gasteiger partial charge in [0.25, 0.3) is 0 Å². The van der Waals surface area contributed by atoms with Crippen LogP contribution in [0.3, 0.4) is 0 Å². The molecule has 0 radical (unpaired) electrons. The average Bonchev–Trinajstić information content (AvgIpc) is 3.17. The molecule has 0 saturated carbocycles. The highest BCUT2D eigenvalue weighted by Gasteiger charge is 2.09. The van der Waals surface area contributed by atoms with Gasteiger partial charge in [-0.25, -0.2) is 4.98 Å². The normalized spacial score (nSPS) is 10.8. The lowest BCUT2D eigenvalue weighted by Crippen LogP contribution is -2.11. The number of aromatic nitrogens is 4. The molecule has 2 heterocycles. The highest BCUT2D eigenvalue weighted by Crippen LogP contribution is 2.26. The Bertz CT molecular complexity index is 1050. The first-order chi connectivity index (χ1) is 13.7. The van der Waals surface area contributed by atoms with Gasteiger partial charge in [-0.1, -0.05) is 12.1 Å². The third-order valence-corrected chi connectivity index (χ3v) is 3.87. The van der Waals surface area contributed by atoms with Gasteiger partial charge in [0.15, 0.2) is 5.58 Å². The molecule has 4 aromatic rings. The molecule has 0 aliphatic carbocycles. The summed E-state index contributed by atoms with van der Waals surface area (Å²) in [5.41, 5.74) is 3.21. The van der Waals surface area contributed by atoms with Crippen LogP contribution < -0.4 is 15.4 Å². The SMILES string of the molecule is COc1nc(NCCO)nc(Nc2ccc(-c3nc4ccccc4o3)cc2)n1. The molecule has 0 unspecified atom stereocenters. The molecule has 3 N–H and O–H groups in total. The fourth-order valence-corrected chi connectivity index (χ4v) is 2.57. The maximum Gasteiger partial charge on any atom is 0.322 e. The number of hydrogen-bond acceptors (Lipinski definition) is 9. The van der Waals surface area contributed by atoms with Crippen molar-refractivity contribution in [1.82, 2.24) is 19.9 Å². The molecular formula is C19H18N6O3. The Balaban J connectivity index is 1.54. The van der Waals surface area contributed by atoms with Crippen LogP contribution in [0.25, 0.3) is 22.6 Å². The van der Waals surface area contributed by atoms with Crippen molar-refractivity contribution in [1.29, 1.82) is 0 Å². The Morgan fingerprint density at radius 1 is 0.964 bits per heavy atom. The maximum absolute atomic E-state index is 8.93. The van der Waals surface area contributed by atoms with Crippen LogP contribution in [-0.4, -0.2) is 45.3 Å². The molecule has 142 valence electrons. The van der Waals surface area contributed by atoms with E-state index in [4.69, 9.17) is 14.3 Å². The number of benzene rings is 2. The summed E-state index contributed by atoms with van der Waals surface area (Å²) in [4.78, 5) is 17.0. The van der Waals surface area contributed by atoms with Crippen LogP contribution >= 0.6 is 0 Å². The fraction of sp³-hybridized carbons (Fsp3) is 0.158. The summed E-state index contributed by atoms with van der Waals surface area (Å²) in [6, 6.07) is 15.4. The van der Waals surface area contributed by atoms with Gasteiger partial charge in [0.1, 0.15) is 5.52 Å². The van der Waals surface area contributed by atoms with Gasteiger partial charge in [0, 0.05) is 17.8 Å². The number of oxazole rings is 1. The summed E-state index contributed by atoms with van der Waals surface area (Å²) < 4.78 is 10.9. The number of fused-ring (bicyclic) bond motifs is 1. The summed E-state index contributed by atoms with van der Waals surface area (Å²) >= 11 is 0. The summed E-state index contributed by atoms with van der Waals surface area (Å²) in [6.07, 6.45) is 0. The van der Waals surface area contributed by atoms with E-state index in [9.17, 15) is 0 Å². The number of nitrogens with one attached hydrogen (secondary N) is 2. The summed E-state index contributed by atoms with van der Waals surface area (Å²) in [7, 11) is 1.48. The smallest absolute Gasteiger partial charge is 0.322 e. The number of aliphatic hydroxyl groups excluding tert-OH is 1. The molecule has 2 aromatic heterocycles. The van der Waals surface area contributed by atoms with Crippen molar-refractivity contribution in [2.75, 3.05) is 30.9 Å². The zero-order valence-corrected chi connectivity index (χ0v) is 15.1. The zero-order chi connectivity index (χ0) is 19.3. The number of aliphatic hydroxyl groups is 1. The van der Waals surface area contributed by atoms with E-state index in [1.807, 2.05) is 48.5 Å². The van der Waals surface area contributed by atoms with E-state index in [-0.39, 0.29) is 12.6 Å². The molecule has 0 atom stereocenters. The Morgan fingerprint density at radius 2 is 1.75 bits per heavy atom. The van der Waals surface area contributed by atoms with Crippen LogP contribution in [-0.2, 0) is 0 Å². The van der Waals surface area contributed by atoms with Crippen molar-refractivity contribution >= 4 is 28.7 Å². The molecule has 0 saturated heterocycles. The van der Waals surface area contributed by atoms with Gasteiger partial charge < -0.3 is 24.9 Å². The minimum absolute atomic E-state index is 0.0337. The van der Waals surface area contributed by atoms with Gasteiger partial charge in [-0.2, -0.15) is 15.0 Å². The predicted molar refractivity (Wildman–Crippen MR) is 105 cm³/mol. The molecule has 0 aliphatic heterocycles. The van der Waals surface area contributed by atoms with E-state index >= 15 is 0 Å². The number of nitrogens with zero attached hydrogens (tertiary/aromatic N) is 4. The maximum atomic E-state index is 8.93. The van der Waals surface area contributed by atoms with E-state index in [1.165, 1.54) is 7.11 Å². The topological polar surface area (TPSA) is 118 Å². The van der Waals surface area contributed by atoms with Crippen molar-refractivity contribution in [3.63, 3.8) is 0 Å². The van der Waals surface area contributed by atoms with Gasteiger partial charge in [-0.3, -0.25) is 0 Å². The number of ether oxygens (including phenoxy) is 1. The molecule has 2 aromatic carbocycles. The lowest BCUT2D eigenvalue weighted by atomic mass is 10.2. The third-order valence-electron chi connectivity index (χ3n) is 3.87. The number of anilines is 3. The summed E-state index contributed by atoms with van der Waals surface area (Å²) in [6.45, 7) is 0.292. The Kier molecular flexibility index (Phi) is 4.98. The zero-order valence-electron chi connectivity index (χ0n) is 15.1. The highest BCUT2D eigenvalue weighted by atomic mass is 16.5. The fourth-order valence-electron chi connectivity index (χ4n) is 2.57. The lowest BCUT2D eigenvalue weighted by Gasteiger charge is -2.09. The minimum Gasteiger partial charge on any atom is -0.467 e. The largest absolute Gasteiger partial charge is 0.467 e. The lowest BCUT2D eigenvalue weighted by molar-refractivity contribution is 0.310. The average molecular weight is 378 g/mol. The standard InChI is InChI=1S/C19H18N6O3/c1-27-19-24-17(20-10-11-26)23-18(25-19)21-13-8-6-12(7-9-13)16-22-14-4-2-3-5-15(14)28-16/h2-9,26H,10-11H2,1H3,(H2,20,21,23,24,25). The molecule has 0 fully saturated rings. The summed E-state index contributed by atoms with van der Waals surface area (Å²) in [5.74, 6) is 1.19. The molecule has 4 rings (SSSR count). The molecule has 0 spiro atoms. The van der Waals surface area contributed by atoms with E-state index in [0.29, 0.717) is 24.3 Å². The number of hydrogen-bond donors (Lipinski definition) is 3. The van der Waals surface area contributed by atoms with Gasteiger partial charge in [0.05, 0.1) is 13.7 Å². The van der Waals surface area contributed by atoms with Crippen molar-refractivity contribution < 1.29 is 14.3 Å². The molecule has 0 bridgehead atoms. The van der Waals surface area contributed by atoms with Crippen LogP contribution in [0.2, 0.25) is 0 Å². The van der Waals surface area contributed by atoms with Gasteiger partial charge >= 0.3 is 6.01 Å². The second-order valence-corrected chi connectivity index (χ2v) is 5.81.